The molecule has 0 radical (unpaired) electrons. The van der Waals surface area contributed by atoms with Crippen LogP contribution in [0.2, 0.25) is 0 Å². The molecule has 0 aliphatic rings. The van der Waals surface area contributed by atoms with Gasteiger partial charge in [-0.2, -0.15) is 0 Å². The molecule has 4 heteroatoms. The molecule has 0 aliphatic carbocycles. The van der Waals surface area contributed by atoms with Crippen LogP contribution in [-0.2, 0) is 0 Å². The van der Waals surface area contributed by atoms with E-state index < -0.39 is 0 Å². The van der Waals surface area contributed by atoms with Crippen LogP contribution in [0.15, 0.2) is 48.5 Å². The van der Waals surface area contributed by atoms with Crippen molar-refractivity contribution >= 4 is 38.1 Å². The molecule has 2 aromatic heterocycles. The van der Waals surface area contributed by atoms with Crippen LogP contribution in [-0.4, -0.2) is 9.97 Å². The second-order valence-electron chi connectivity index (χ2n) is 4.51. The number of H-pyrrole nitrogens is 1. The Balaban J connectivity index is 1.93. The molecule has 0 saturated carbocycles. The Bertz CT molecular complexity index is 856. The van der Waals surface area contributed by atoms with Crippen molar-refractivity contribution in [1.29, 1.82) is 0 Å². The minimum atomic E-state index is 0.749. The first-order valence-corrected chi connectivity index (χ1v) is 6.85. The topological polar surface area (TPSA) is 54.7 Å². The van der Waals surface area contributed by atoms with Gasteiger partial charge < -0.3 is 10.7 Å². The van der Waals surface area contributed by atoms with Crippen LogP contribution in [0.4, 0.5) is 5.69 Å². The van der Waals surface area contributed by atoms with E-state index in [2.05, 4.69) is 40.3 Å². The summed E-state index contributed by atoms with van der Waals surface area (Å²) in [5.74, 6) is 0.904. The number of benzene rings is 2. The Morgan fingerprint density at radius 1 is 1.05 bits per heavy atom. The maximum atomic E-state index is 5.79. The Morgan fingerprint density at radius 3 is 2.84 bits per heavy atom. The summed E-state index contributed by atoms with van der Waals surface area (Å²) in [6, 6.07) is 16.3. The van der Waals surface area contributed by atoms with Gasteiger partial charge in [-0.3, -0.25) is 0 Å². The number of nitrogens with one attached hydrogen (secondary N) is 1. The lowest BCUT2D eigenvalue weighted by Gasteiger charge is -1.89. The van der Waals surface area contributed by atoms with Crippen LogP contribution in [0.5, 0.6) is 0 Å². The minimum absolute atomic E-state index is 0.749. The number of nitrogens with two attached hydrogens (primary N) is 1. The second kappa shape index (κ2) is 3.83. The molecule has 0 atom stereocenters. The zero-order valence-electron chi connectivity index (χ0n) is 10.1. The van der Waals surface area contributed by atoms with Gasteiger partial charge in [0, 0.05) is 10.4 Å². The third-order valence-corrected chi connectivity index (χ3v) is 4.29. The summed E-state index contributed by atoms with van der Waals surface area (Å²) >= 11 is 1.74. The molecule has 0 aliphatic heterocycles. The van der Waals surface area contributed by atoms with Crippen molar-refractivity contribution in [1.82, 2.24) is 9.97 Å². The van der Waals surface area contributed by atoms with Crippen LogP contribution in [0, 0.1) is 0 Å². The van der Waals surface area contributed by atoms with E-state index in [1.54, 1.807) is 11.3 Å². The summed E-state index contributed by atoms with van der Waals surface area (Å²) in [7, 11) is 0. The van der Waals surface area contributed by atoms with Crippen LogP contribution in [0.25, 0.3) is 31.8 Å². The number of fused-ring (bicyclic) bond motifs is 2. The van der Waals surface area contributed by atoms with Gasteiger partial charge in [-0.15, -0.1) is 11.3 Å². The number of hydrogen-bond donors (Lipinski definition) is 2. The zero-order valence-corrected chi connectivity index (χ0v) is 10.9. The highest BCUT2D eigenvalue weighted by Crippen LogP contribution is 2.32. The van der Waals surface area contributed by atoms with E-state index in [-0.39, 0.29) is 0 Å². The van der Waals surface area contributed by atoms with E-state index in [1.165, 1.54) is 10.1 Å². The van der Waals surface area contributed by atoms with Gasteiger partial charge in [0.05, 0.1) is 15.9 Å². The number of hydrogen-bond acceptors (Lipinski definition) is 3. The number of anilines is 1. The molecule has 0 amide bonds. The van der Waals surface area contributed by atoms with Gasteiger partial charge in [0.15, 0.2) is 0 Å². The van der Waals surface area contributed by atoms with Gasteiger partial charge in [-0.1, -0.05) is 18.2 Å². The van der Waals surface area contributed by atoms with Crippen molar-refractivity contribution in [3.8, 4) is 10.7 Å². The molecular formula is C15H11N3S. The number of nitrogens with zero attached hydrogens (tertiary/aromatic N) is 1. The van der Waals surface area contributed by atoms with E-state index in [1.807, 2.05) is 18.2 Å². The average Bonchev–Trinajstić information content (AvgIpc) is 3.00. The first-order valence-electron chi connectivity index (χ1n) is 6.04. The molecule has 92 valence electrons. The van der Waals surface area contributed by atoms with Gasteiger partial charge in [0.2, 0.25) is 0 Å². The van der Waals surface area contributed by atoms with Crippen LogP contribution < -0.4 is 5.73 Å². The zero-order chi connectivity index (χ0) is 12.8. The Kier molecular flexibility index (Phi) is 2.13. The number of rotatable bonds is 1. The van der Waals surface area contributed by atoms with Gasteiger partial charge in [0.25, 0.3) is 0 Å². The van der Waals surface area contributed by atoms with Crippen molar-refractivity contribution in [3.05, 3.63) is 48.5 Å². The van der Waals surface area contributed by atoms with E-state index >= 15 is 0 Å². The smallest absolute Gasteiger partial charge is 0.148 e. The van der Waals surface area contributed by atoms with E-state index in [9.17, 15) is 0 Å². The fraction of sp³-hybridized carbons (Fsp3) is 0. The third-order valence-electron chi connectivity index (χ3n) is 3.16. The quantitative estimate of drug-likeness (QED) is 0.510. The second-order valence-corrected chi connectivity index (χ2v) is 5.59. The number of imidazole rings is 1. The number of thiophene rings is 1. The molecule has 0 unspecified atom stereocenters. The molecule has 0 bridgehead atoms. The monoisotopic (exact) mass is 265 g/mol. The van der Waals surface area contributed by atoms with E-state index in [0.29, 0.717) is 0 Å². The maximum absolute atomic E-state index is 5.79. The lowest BCUT2D eigenvalue weighted by atomic mass is 10.2. The van der Waals surface area contributed by atoms with E-state index in [4.69, 9.17) is 5.73 Å². The SMILES string of the molecule is Nc1ccc2nc(-c3cc4ccccc4s3)[nH]c2c1. The molecule has 4 rings (SSSR count). The molecule has 4 aromatic rings. The normalized spacial score (nSPS) is 11.4. The summed E-state index contributed by atoms with van der Waals surface area (Å²) < 4.78 is 1.28. The predicted octanol–water partition coefficient (Wildman–Crippen LogP) is 4.03. The van der Waals surface area contributed by atoms with Crippen molar-refractivity contribution in [2.75, 3.05) is 5.73 Å². The molecule has 2 aromatic carbocycles. The van der Waals surface area contributed by atoms with Crippen LogP contribution in [0.1, 0.15) is 0 Å². The Hall–Kier alpha value is -2.33. The summed E-state index contributed by atoms with van der Waals surface area (Å²) in [6.45, 7) is 0. The first-order chi connectivity index (χ1) is 9.29. The lowest BCUT2D eigenvalue weighted by molar-refractivity contribution is 1.36. The fourth-order valence-corrected chi connectivity index (χ4v) is 3.25. The van der Waals surface area contributed by atoms with Gasteiger partial charge in [-0.25, -0.2) is 4.98 Å². The molecule has 3 nitrogen and oxygen atoms in total. The highest BCUT2D eigenvalue weighted by molar-refractivity contribution is 7.22. The van der Waals surface area contributed by atoms with E-state index in [0.717, 1.165) is 27.4 Å². The van der Waals surface area contributed by atoms with Crippen molar-refractivity contribution in [2.24, 2.45) is 0 Å². The molecular weight excluding hydrogens is 254 g/mol. The minimum Gasteiger partial charge on any atom is -0.399 e. The first kappa shape index (κ1) is 10.6. The molecule has 0 fully saturated rings. The Labute approximate surface area is 113 Å². The summed E-state index contributed by atoms with van der Waals surface area (Å²) in [5.41, 5.74) is 8.46. The molecule has 0 spiro atoms. The summed E-state index contributed by atoms with van der Waals surface area (Å²) in [4.78, 5) is 9.10. The molecule has 19 heavy (non-hydrogen) atoms. The number of aromatic nitrogens is 2. The van der Waals surface area contributed by atoms with Gasteiger partial charge in [0.1, 0.15) is 5.82 Å². The Morgan fingerprint density at radius 2 is 1.95 bits per heavy atom. The largest absolute Gasteiger partial charge is 0.399 e. The highest BCUT2D eigenvalue weighted by atomic mass is 32.1. The summed E-state index contributed by atoms with van der Waals surface area (Å²) in [5, 5.41) is 1.25. The van der Waals surface area contributed by atoms with Gasteiger partial charge in [-0.05, 0) is 35.7 Å². The third kappa shape index (κ3) is 1.69. The number of aromatic amines is 1. The van der Waals surface area contributed by atoms with Crippen molar-refractivity contribution in [2.45, 2.75) is 0 Å². The number of nitrogen functional groups attached to an aromatic ring is 1. The predicted molar refractivity (Wildman–Crippen MR) is 81.3 cm³/mol. The van der Waals surface area contributed by atoms with Crippen molar-refractivity contribution < 1.29 is 0 Å². The molecule has 0 saturated heterocycles. The highest BCUT2D eigenvalue weighted by Gasteiger charge is 2.08. The standard InChI is InChI=1S/C15H11N3S/c16-10-5-6-11-12(8-10)18-15(17-11)14-7-9-3-1-2-4-13(9)19-14/h1-8H,16H2,(H,17,18). The maximum Gasteiger partial charge on any atom is 0.148 e. The average molecular weight is 265 g/mol. The summed E-state index contributed by atoms with van der Waals surface area (Å²) in [6.07, 6.45) is 0. The fourth-order valence-electron chi connectivity index (χ4n) is 2.24. The van der Waals surface area contributed by atoms with Crippen molar-refractivity contribution in [3.63, 3.8) is 0 Å². The van der Waals surface area contributed by atoms with Gasteiger partial charge >= 0.3 is 0 Å². The molecule has 3 N–H and O–H groups in total. The van der Waals surface area contributed by atoms with Crippen LogP contribution >= 0.6 is 11.3 Å². The lowest BCUT2D eigenvalue weighted by Crippen LogP contribution is -1.82. The van der Waals surface area contributed by atoms with Crippen LogP contribution in [0.3, 0.4) is 0 Å². The molecule has 2 heterocycles.